The van der Waals surface area contributed by atoms with Crippen molar-refractivity contribution in [3.63, 3.8) is 0 Å². The van der Waals surface area contributed by atoms with Gasteiger partial charge in [0.05, 0.1) is 57.6 Å². The van der Waals surface area contributed by atoms with Crippen LogP contribution in [0.1, 0.15) is 47.3 Å². The summed E-state index contributed by atoms with van der Waals surface area (Å²) >= 11 is 0. The summed E-state index contributed by atoms with van der Waals surface area (Å²) < 4.78 is 0. The van der Waals surface area contributed by atoms with Crippen LogP contribution in [0.5, 0.6) is 0 Å². The number of nitrogen functional groups attached to an aromatic ring is 1. The summed E-state index contributed by atoms with van der Waals surface area (Å²) in [7, 11) is 0. The van der Waals surface area contributed by atoms with E-state index in [4.69, 9.17) is 5.73 Å². The number of carbonyl (C=O) groups is 10. The number of fused-ring (bicyclic) bond motifs is 2. The number of carboxylic acid groups (broad SMARTS) is 5. The predicted octanol–water partition coefficient (Wildman–Crippen LogP) is -2.19. The van der Waals surface area contributed by atoms with Gasteiger partial charge in [-0.25, -0.2) is 19.6 Å². The average Bonchev–Trinajstić information content (AvgIpc) is 1.90. The number of carboxylic acids is 5. The fourth-order valence-electron chi connectivity index (χ4n) is 9.20. The highest BCUT2D eigenvalue weighted by Crippen LogP contribution is 2.18. The van der Waals surface area contributed by atoms with Crippen LogP contribution in [-0.4, -0.2) is 234 Å². The van der Waals surface area contributed by atoms with Gasteiger partial charge < -0.3 is 63.2 Å². The monoisotopic (exact) mass is 1200 g/mol. The second-order valence-electron chi connectivity index (χ2n) is 20.3. The van der Waals surface area contributed by atoms with Gasteiger partial charge in [-0.1, -0.05) is 42.5 Å². The Morgan fingerprint density at radius 1 is 0.605 bits per heavy atom. The van der Waals surface area contributed by atoms with Crippen molar-refractivity contribution in [1.29, 1.82) is 0 Å². The molecular weight excluding hydrogens is 1130 g/mol. The predicted molar refractivity (Wildman–Crippen MR) is 307 cm³/mol. The van der Waals surface area contributed by atoms with E-state index >= 15 is 0 Å². The molecule has 5 amide bonds. The number of nitrogens with one attached hydrogen (secondary N) is 7. The Labute approximate surface area is 490 Å². The van der Waals surface area contributed by atoms with Crippen LogP contribution in [0.3, 0.4) is 0 Å². The van der Waals surface area contributed by atoms with Crippen molar-refractivity contribution in [3.05, 3.63) is 100 Å². The number of unbranched alkanes of at least 4 members (excludes halogenated alkanes) is 1. The first-order valence-electron chi connectivity index (χ1n) is 27.3. The molecule has 0 unspecified atom stereocenters. The maximum atomic E-state index is 14.0. The Bertz CT molecular complexity index is 3280. The molecule has 0 spiro atoms. The number of aliphatic carboxylic acids is 5. The van der Waals surface area contributed by atoms with Crippen molar-refractivity contribution in [3.8, 4) is 0 Å². The molecule has 0 saturated carbocycles. The third-order valence-corrected chi connectivity index (χ3v) is 13.7. The molecule has 2 aromatic heterocycles. The molecule has 460 valence electrons. The minimum absolute atomic E-state index is 0.00834. The Hall–Kier alpha value is -9.72. The highest BCUT2D eigenvalue weighted by molar-refractivity contribution is 5.97. The van der Waals surface area contributed by atoms with Crippen LogP contribution in [0.15, 0.2) is 77.7 Å². The number of benzene rings is 3. The number of nitrogens with two attached hydrogens (primary N) is 1. The lowest BCUT2D eigenvalue weighted by Crippen LogP contribution is -2.55. The maximum absolute atomic E-state index is 14.0. The van der Waals surface area contributed by atoms with Gasteiger partial charge in [0.15, 0.2) is 11.2 Å². The minimum atomic E-state index is -1.78. The minimum Gasteiger partial charge on any atom is -0.480 e. The lowest BCUT2D eigenvalue weighted by atomic mass is 10.0. The summed E-state index contributed by atoms with van der Waals surface area (Å²) in [5.74, 6) is -10.2. The highest BCUT2D eigenvalue weighted by atomic mass is 16.4. The van der Waals surface area contributed by atoms with Gasteiger partial charge in [0.2, 0.25) is 29.6 Å². The highest BCUT2D eigenvalue weighted by Gasteiger charge is 2.30. The number of amides is 5. The summed E-state index contributed by atoms with van der Waals surface area (Å²) in [5, 5.41) is 65.8. The Morgan fingerprint density at radius 3 is 1.77 bits per heavy atom. The first-order chi connectivity index (χ1) is 41.1. The number of aromatic amines is 1. The van der Waals surface area contributed by atoms with E-state index in [0.29, 0.717) is 16.9 Å². The summed E-state index contributed by atoms with van der Waals surface area (Å²) in [6, 6.07) is 14.3. The van der Waals surface area contributed by atoms with Crippen molar-refractivity contribution in [2.45, 2.75) is 56.8 Å². The molecule has 31 nitrogen and oxygen atoms in total. The number of hydrogen-bond acceptors (Lipinski definition) is 20. The molecule has 0 aliphatic carbocycles. The van der Waals surface area contributed by atoms with Crippen molar-refractivity contribution in [2.75, 3.05) is 103 Å². The Balaban J connectivity index is 0.992. The van der Waals surface area contributed by atoms with Crippen LogP contribution in [0.2, 0.25) is 0 Å². The van der Waals surface area contributed by atoms with Crippen LogP contribution >= 0.6 is 0 Å². The smallest absolute Gasteiger partial charge is 0.326 e. The third kappa shape index (κ3) is 21.8. The number of H-pyrrole nitrogens is 1. The van der Waals surface area contributed by atoms with Gasteiger partial charge in [-0.3, -0.25) is 67.7 Å². The van der Waals surface area contributed by atoms with Crippen molar-refractivity contribution in [1.82, 2.24) is 66.1 Å². The molecular formula is C55H69N15O16. The van der Waals surface area contributed by atoms with Crippen LogP contribution < -0.4 is 43.2 Å². The van der Waals surface area contributed by atoms with Gasteiger partial charge in [-0.2, -0.15) is 4.98 Å². The zero-order valence-electron chi connectivity index (χ0n) is 46.7. The fourth-order valence-corrected chi connectivity index (χ4v) is 9.20. The van der Waals surface area contributed by atoms with Gasteiger partial charge in [-0.15, -0.1) is 0 Å². The van der Waals surface area contributed by atoms with Crippen molar-refractivity contribution in [2.24, 2.45) is 0 Å². The van der Waals surface area contributed by atoms with E-state index in [2.05, 4.69) is 51.8 Å². The first-order valence-corrected chi connectivity index (χ1v) is 27.3. The SMILES string of the molecule is Nc1nc2ncc(CNc3ccc(C(=O)N[C@@H](CCCCNC(=O)C[C@H](NC(=O)[C@H](Cc4ccc5ccccc5c4)NC(=O)CNC(=O)CN4CCN(CC(=O)O)CCN(CC(=O)O)CCN(CC(=O)O)CC4)C(=O)O)C(=O)O)cc3)nc2c(=O)[nH]1. The molecule has 1 saturated heterocycles. The lowest BCUT2D eigenvalue weighted by molar-refractivity contribution is -0.144. The lowest BCUT2D eigenvalue weighted by Gasteiger charge is -2.32. The van der Waals surface area contributed by atoms with E-state index in [1.807, 2.05) is 24.3 Å². The quantitative estimate of drug-likeness (QED) is 0.0226. The van der Waals surface area contributed by atoms with E-state index in [0.717, 1.165) is 10.8 Å². The van der Waals surface area contributed by atoms with Gasteiger partial charge in [0.1, 0.15) is 18.1 Å². The van der Waals surface area contributed by atoms with E-state index in [9.17, 15) is 78.3 Å². The second kappa shape index (κ2) is 32.4. The van der Waals surface area contributed by atoms with Crippen LogP contribution in [-0.2, 0) is 56.1 Å². The van der Waals surface area contributed by atoms with E-state index in [1.54, 1.807) is 49.9 Å². The number of carbonyl (C=O) groups excluding carboxylic acids is 5. The van der Waals surface area contributed by atoms with Gasteiger partial charge in [-0.05, 0) is 59.9 Å². The molecule has 0 radical (unpaired) electrons. The number of anilines is 2. The number of hydrogen-bond donors (Lipinski definition) is 13. The molecule has 3 atom stereocenters. The largest absolute Gasteiger partial charge is 0.480 e. The maximum Gasteiger partial charge on any atom is 0.326 e. The number of rotatable bonds is 29. The van der Waals surface area contributed by atoms with Crippen molar-refractivity contribution >= 4 is 93.0 Å². The summed E-state index contributed by atoms with van der Waals surface area (Å²) in [6.45, 7) is -0.710. The Morgan fingerprint density at radius 2 is 1.19 bits per heavy atom. The summed E-state index contributed by atoms with van der Waals surface area (Å²) in [6.07, 6.45) is 0.942. The topological polar surface area (TPSA) is 455 Å². The Kier molecular flexibility index (Phi) is 24.6. The number of nitrogens with zero attached hydrogens (tertiary/aromatic N) is 7. The standard InChI is InChI=1S/C55H69N15O16/c56-55-65-49-48(52(82)66-55)61-38(27-60-49)26-58-37-12-10-35(11-13-37)50(80)63-39(53(83)84)7-3-4-14-57-42(71)25-41(54(85)86)64-51(81)40(24-33-8-9-34-5-1-2-6-36(34)23-33)62-43(72)28-59-44(73)29-67-15-17-68(30-45(74)75)19-21-70(32-47(78)79)22-20-69(18-16-67)31-46(76)77/h1-2,5-6,8-13,23,27,39-41,58H,3-4,7,14-22,24-26,28-32H2,(H,57,71)(H,59,73)(H,62,72)(H,63,80)(H,64,81)(H,74,75)(H,76,77)(H,78,79)(H,83,84)(H,85,86)(H3,56,60,65,66,82)/t39-,40-,41-/m0/s1. The molecule has 14 N–H and O–H groups in total. The normalized spacial score (nSPS) is 14.9. The van der Waals surface area contributed by atoms with Gasteiger partial charge in [0, 0.05) is 76.6 Å². The molecule has 86 heavy (non-hydrogen) atoms. The fraction of sp³-hybridized carbons (Fsp3) is 0.418. The molecule has 5 aromatic rings. The van der Waals surface area contributed by atoms with E-state index in [1.165, 1.54) is 18.3 Å². The van der Waals surface area contributed by atoms with Gasteiger partial charge >= 0.3 is 29.8 Å². The van der Waals surface area contributed by atoms with Crippen molar-refractivity contribution < 1.29 is 73.5 Å². The molecule has 3 heterocycles. The average molecular weight is 1200 g/mol. The molecule has 6 rings (SSSR count). The van der Waals surface area contributed by atoms with E-state index < -0.39 is 96.0 Å². The third-order valence-electron chi connectivity index (χ3n) is 13.7. The zero-order chi connectivity index (χ0) is 62.3. The van der Waals surface area contributed by atoms with Crippen LogP contribution in [0.25, 0.3) is 21.9 Å². The molecule has 1 aliphatic rings. The summed E-state index contributed by atoms with van der Waals surface area (Å²) in [5.41, 5.74) is 6.83. The van der Waals surface area contributed by atoms with Crippen LogP contribution in [0.4, 0.5) is 11.6 Å². The second-order valence-corrected chi connectivity index (χ2v) is 20.3. The molecule has 0 bridgehead atoms. The number of aromatic nitrogens is 4. The first kappa shape index (κ1) is 65.4. The molecule has 1 fully saturated rings. The zero-order valence-corrected chi connectivity index (χ0v) is 46.7. The molecule has 31 heteroatoms. The van der Waals surface area contributed by atoms with E-state index in [-0.39, 0.29) is 140 Å². The van der Waals surface area contributed by atoms with Crippen LogP contribution in [0, 0.1) is 0 Å². The summed E-state index contributed by atoms with van der Waals surface area (Å²) in [4.78, 5) is 160. The molecule has 1 aliphatic heterocycles. The molecule has 3 aromatic carbocycles. The van der Waals surface area contributed by atoms with Gasteiger partial charge in [0.25, 0.3) is 11.5 Å².